The molecule has 2 rings (SSSR count). The summed E-state index contributed by atoms with van der Waals surface area (Å²) in [4.78, 5) is 11.9. The lowest BCUT2D eigenvalue weighted by Gasteiger charge is -2.08. The lowest BCUT2D eigenvalue weighted by atomic mass is 10.0. The van der Waals surface area contributed by atoms with Crippen LogP contribution in [0.5, 0.6) is 0 Å². The second-order valence-corrected chi connectivity index (χ2v) is 3.64. The van der Waals surface area contributed by atoms with Crippen LogP contribution in [0.1, 0.15) is 23.2 Å². The van der Waals surface area contributed by atoms with Gasteiger partial charge in [0.2, 0.25) is 0 Å². The van der Waals surface area contributed by atoms with Crippen molar-refractivity contribution in [2.45, 2.75) is 18.9 Å². The van der Waals surface area contributed by atoms with Gasteiger partial charge < -0.3 is 11.1 Å². The van der Waals surface area contributed by atoms with Crippen molar-refractivity contribution < 1.29 is 4.79 Å². The Bertz CT molecular complexity index is 343. The van der Waals surface area contributed by atoms with Gasteiger partial charge in [0.25, 0.3) is 0 Å². The molecule has 14 heavy (non-hydrogen) atoms. The van der Waals surface area contributed by atoms with Gasteiger partial charge >= 0.3 is 0 Å². The van der Waals surface area contributed by atoms with Gasteiger partial charge in [0, 0.05) is 11.3 Å². The van der Waals surface area contributed by atoms with E-state index in [1.165, 1.54) is 0 Å². The number of carbonyl (C=O) groups excluding carboxylic acids is 1. The molecule has 3 heteroatoms. The van der Waals surface area contributed by atoms with Gasteiger partial charge in [0.1, 0.15) is 0 Å². The van der Waals surface area contributed by atoms with Crippen LogP contribution in [0.15, 0.2) is 24.3 Å². The van der Waals surface area contributed by atoms with Crippen molar-refractivity contribution in [1.82, 2.24) is 5.32 Å². The zero-order chi connectivity index (χ0) is 9.97. The van der Waals surface area contributed by atoms with Gasteiger partial charge in [0.15, 0.2) is 5.78 Å². The van der Waals surface area contributed by atoms with E-state index in [1.54, 1.807) is 12.1 Å². The third kappa shape index (κ3) is 1.77. The summed E-state index contributed by atoms with van der Waals surface area (Å²) in [6, 6.07) is 7.16. The molecule has 1 aromatic carbocycles. The molecule has 3 nitrogen and oxygen atoms in total. The number of hydrogen-bond acceptors (Lipinski definition) is 3. The van der Waals surface area contributed by atoms with Crippen LogP contribution in [0.2, 0.25) is 0 Å². The van der Waals surface area contributed by atoms with Crippen molar-refractivity contribution in [2.24, 2.45) is 0 Å². The van der Waals surface area contributed by atoms with Crippen molar-refractivity contribution in [2.75, 3.05) is 12.3 Å². The summed E-state index contributed by atoms with van der Waals surface area (Å²) in [5, 5.41) is 3.18. The van der Waals surface area contributed by atoms with E-state index in [0.29, 0.717) is 11.3 Å². The Kier molecular flexibility index (Phi) is 2.50. The minimum Gasteiger partial charge on any atom is -0.399 e. The van der Waals surface area contributed by atoms with E-state index in [2.05, 4.69) is 5.32 Å². The van der Waals surface area contributed by atoms with E-state index in [0.717, 1.165) is 19.4 Å². The molecule has 1 unspecified atom stereocenters. The van der Waals surface area contributed by atoms with Gasteiger partial charge in [0.05, 0.1) is 6.04 Å². The first-order chi connectivity index (χ1) is 6.77. The van der Waals surface area contributed by atoms with E-state index in [1.807, 2.05) is 12.1 Å². The van der Waals surface area contributed by atoms with Crippen LogP contribution >= 0.6 is 0 Å². The van der Waals surface area contributed by atoms with Crippen LogP contribution in [0, 0.1) is 0 Å². The number of Topliss-reactive ketones (excluding diaryl/α,β-unsaturated/α-hetero) is 1. The number of anilines is 1. The number of ketones is 1. The summed E-state index contributed by atoms with van der Waals surface area (Å²) < 4.78 is 0. The fourth-order valence-electron chi connectivity index (χ4n) is 1.80. The molecule has 0 spiro atoms. The van der Waals surface area contributed by atoms with E-state index >= 15 is 0 Å². The Balaban J connectivity index is 2.17. The van der Waals surface area contributed by atoms with Crippen molar-refractivity contribution >= 4 is 11.5 Å². The Morgan fingerprint density at radius 1 is 1.50 bits per heavy atom. The number of benzene rings is 1. The lowest BCUT2D eigenvalue weighted by Crippen LogP contribution is -2.30. The Labute approximate surface area is 83.3 Å². The first-order valence-electron chi connectivity index (χ1n) is 4.90. The number of hydrogen-bond donors (Lipinski definition) is 2. The number of nitrogens with one attached hydrogen (secondary N) is 1. The molecule has 1 aliphatic heterocycles. The smallest absolute Gasteiger partial charge is 0.179 e. The molecule has 1 heterocycles. The molecular formula is C11H14N2O. The fraction of sp³-hybridized carbons (Fsp3) is 0.364. The molecule has 0 aliphatic carbocycles. The van der Waals surface area contributed by atoms with Crippen LogP contribution in [0.4, 0.5) is 5.69 Å². The standard InChI is InChI=1S/C11H14N2O/c12-9-4-1-3-8(7-9)11(14)10-5-2-6-13-10/h1,3-4,7,10,13H,2,5-6,12H2. The quantitative estimate of drug-likeness (QED) is 0.544. The SMILES string of the molecule is Nc1cccc(C(=O)C2CCCN2)c1. The maximum absolute atomic E-state index is 11.9. The largest absolute Gasteiger partial charge is 0.399 e. The predicted octanol–water partition coefficient (Wildman–Crippen LogP) is 1.20. The maximum atomic E-state index is 11.9. The zero-order valence-electron chi connectivity index (χ0n) is 7.99. The van der Waals surface area contributed by atoms with Crippen molar-refractivity contribution in [3.8, 4) is 0 Å². The third-order valence-electron chi connectivity index (χ3n) is 2.55. The van der Waals surface area contributed by atoms with Crippen LogP contribution < -0.4 is 11.1 Å². The molecule has 1 aromatic rings. The summed E-state index contributed by atoms with van der Waals surface area (Å²) in [6.45, 7) is 0.943. The van der Waals surface area contributed by atoms with Gasteiger partial charge in [-0.15, -0.1) is 0 Å². The van der Waals surface area contributed by atoms with Gasteiger partial charge in [-0.25, -0.2) is 0 Å². The van der Waals surface area contributed by atoms with Crippen LogP contribution in [0.25, 0.3) is 0 Å². The number of nitrogen functional groups attached to an aromatic ring is 1. The highest BCUT2D eigenvalue weighted by Gasteiger charge is 2.22. The Hall–Kier alpha value is -1.35. The summed E-state index contributed by atoms with van der Waals surface area (Å²) in [5.41, 5.74) is 6.98. The van der Waals surface area contributed by atoms with Crippen LogP contribution in [-0.2, 0) is 0 Å². The molecule has 1 fully saturated rings. The van der Waals surface area contributed by atoms with Crippen molar-refractivity contribution in [1.29, 1.82) is 0 Å². The second kappa shape index (κ2) is 3.80. The minimum absolute atomic E-state index is 0.00296. The average Bonchev–Trinajstić information content (AvgIpc) is 2.69. The molecule has 1 saturated heterocycles. The number of carbonyl (C=O) groups is 1. The minimum atomic E-state index is -0.00296. The summed E-state index contributed by atoms with van der Waals surface area (Å²) in [6.07, 6.45) is 2.02. The third-order valence-corrected chi connectivity index (χ3v) is 2.55. The fourth-order valence-corrected chi connectivity index (χ4v) is 1.80. The van der Waals surface area contributed by atoms with Gasteiger partial charge in [-0.2, -0.15) is 0 Å². The molecule has 0 radical (unpaired) electrons. The topological polar surface area (TPSA) is 55.1 Å². The number of nitrogens with two attached hydrogens (primary N) is 1. The molecule has 1 aliphatic rings. The monoisotopic (exact) mass is 190 g/mol. The molecular weight excluding hydrogens is 176 g/mol. The summed E-state index contributed by atoms with van der Waals surface area (Å²) >= 11 is 0. The maximum Gasteiger partial charge on any atom is 0.179 e. The molecule has 3 N–H and O–H groups in total. The van der Waals surface area contributed by atoms with Gasteiger partial charge in [-0.1, -0.05) is 12.1 Å². The van der Waals surface area contributed by atoms with Crippen molar-refractivity contribution in [3.63, 3.8) is 0 Å². The van der Waals surface area contributed by atoms with Crippen LogP contribution in [-0.4, -0.2) is 18.4 Å². The highest BCUT2D eigenvalue weighted by molar-refractivity contribution is 6.00. The van der Waals surface area contributed by atoms with Gasteiger partial charge in [-0.3, -0.25) is 4.79 Å². The number of rotatable bonds is 2. The first kappa shape index (κ1) is 9.21. The molecule has 0 bridgehead atoms. The molecule has 0 saturated carbocycles. The molecule has 74 valence electrons. The molecule has 0 aromatic heterocycles. The lowest BCUT2D eigenvalue weighted by molar-refractivity contribution is 0.0952. The zero-order valence-corrected chi connectivity index (χ0v) is 7.99. The first-order valence-corrected chi connectivity index (χ1v) is 4.90. The van der Waals surface area contributed by atoms with Crippen LogP contribution in [0.3, 0.4) is 0 Å². The van der Waals surface area contributed by atoms with E-state index in [-0.39, 0.29) is 11.8 Å². The van der Waals surface area contributed by atoms with E-state index in [9.17, 15) is 4.79 Å². The normalized spacial score (nSPS) is 21.0. The average molecular weight is 190 g/mol. The summed E-state index contributed by atoms with van der Waals surface area (Å²) in [5.74, 6) is 0.162. The molecule has 1 atom stereocenters. The van der Waals surface area contributed by atoms with Crippen molar-refractivity contribution in [3.05, 3.63) is 29.8 Å². The Morgan fingerprint density at radius 3 is 3.00 bits per heavy atom. The van der Waals surface area contributed by atoms with Gasteiger partial charge in [-0.05, 0) is 31.5 Å². The highest BCUT2D eigenvalue weighted by Crippen LogP contribution is 2.14. The van der Waals surface area contributed by atoms with E-state index < -0.39 is 0 Å². The molecule has 0 amide bonds. The Morgan fingerprint density at radius 2 is 2.36 bits per heavy atom. The predicted molar refractivity (Wildman–Crippen MR) is 56.2 cm³/mol. The second-order valence-electron chi connectivity index (χ2n) is 3.64. The van der Waals surface area contributed by atoms with E-state index in [4.69, 9.17) is 5.73 Å². The highest BCUT2D eigenvalue weighted by atomic mass is 16.1. The summed E-state index contributed by atoms with van der Waals surface area (Å²) in [7, 11) is 0.